The summed E-state index contributed by atoms with van der Waals surface area (Å²) in [5.41, 5.74) is 0.524. The van der Waals surface area contributed by atoms with Gasteiger partial charge in [0, 0.05) is 50.0 Å². The third-order valence-electron chi connectivity index (χ3n) is 4.72. The molecule has 3 heterocycles. The van der Waals surface area contributed by atoms with E-state index in [0.717, 1.165) is 35.4 Å². The van der Waals surface area contributed by atoms with Crippen LogP contribution in [0.25, 0.3) is 10.8 Å². The number of carbonyl (C=O) groups is 1. The van der Waals surface area contributed by atoms with Crippen molar-refractivity contribution in [3.8, 4) is 5.75 Å². The zero-order valence-corrected chi connectivity index (χ0v) is 14.6. The van der Waals surface area contributed by atoms with E-state index in [1.165, 1.54) is 0 Å². The van der Waals surface area contributed by atoms with Gasteiger partial charge in [0.2, 0.25) is 0 Å². The van der Waals surface area contributed by atoms with Crippen LogP contribution in [0.15, 0.2) is 54.9 Å². The molecule has 6 nitrogen and oxygen atoms in total. The number of methoxy groups -OCH3 is 1. The molecule has 0 spiro atoms. The molecule has 0 aliphatic carbocycles. The summed E-state index contributed by atoms with van der Waals surface area (Å²) in [5.74, 6) is 1.65. The summed E-state index contributed by atoms with van der Waals surface area (Å²) in [6.45, 7) is 2.75. The summed E-state index contributed by atoms with van der Waals surface area (Å²) in [6, 6.07) is 13.5. The van der Waals surface area contributed by atoms with Crippen LogP contribution in [0, 0.1) is 0 Å². The van der Waals surface area contributed by atoms with Crippen LogP contribution in [0.4, 0.5) is 5.82 Å². The molecule has 0 unspecified atom stereocenters. The Morgan fingerprint density at radius 1 is 1.00 bits per heavy atom. The molecule has 0 radical (unpaired) electrons. The molecule has 1 aromatic carbocycles. The van der Waals surface area contributed by atoms with Crippen molar-refractivity contribution < 1.29 is 9.53 Å². The lowest BCUT2D eigenvalue weighted by Crippen LogP contribution is -2.49. The number of anilines is 1. The van der Waals surface area contributed by atoms with E-state index < -0.39 is 0 Å². The molecule has 1 aliphatic rings. The second-order valence-corrected chi connectivity index (χ2v) is 6.21. The van der Waals surface area contributed by atoms with E-state index in [4.69, 9.17) is 4.74 Å². The average Bonchev–Trinajstić information content (AvgIpc) is 2.73. The van der Waals surface area contributed by atoms with Crippen molar-refractivity contribution in [3.05, 3.63) is 60.6 Å². The van der Waals surface area contributed by atoms with Gasteiger partial charge in [0.05, 0.1) is 7.11 Å². The lowest BCUT2D eigenvalue weighted by Gasteiger charge is -2.35. The van der Waals surface area contributed by atoms with Gasteiger partial charge in [-0.15, -0.1) is 0 Å². The van der Waals surface area contributed by atoms with Gasteiger partial charge in [-0.2, -0.15) is 0 Å². The number of fused-ring (bicyclic) bond motifs is 1. The fourth-order valence-electron chi connectivity index (χ4n) is 3.28. The number of hydrogen-bond donors (Lipinski definition) is 0. The topological polar surface area (TPSA) is 58.6 Å². The minimum atomic E-state index is -0.0138. The third-order valence-corrected chi connectivity index (χ3v) is 4.72. The molecule has 1 fully saturated rings. The molecule has 1 saturated heterocycles. The van der Waals surface area contributed by atoms with Gasteiger partial charge < -0.3 is 14.5 Å². The number of piperazine rings is 1. The second-order valence-electron chi connectivity index (χ2n) is 6.21. The number of nitrogens with zero attached hydrogens (tertiary/aromatic N) is 4. The van der Waals surface area contributed by atoms with E-state index in [9.17, 15) is 4.79 Å². The number of amides is 1. The number of pyridine rings is 2. The minimum absolute atomic E-state index is 0.0138. The van der Waals surface area contributed by atoms with E-state index in [2.05, 4.69) is 14.9 Å². The van der Waals surface area contributed by atoms with Crippen LogP contribution in [-0.4, -0.2) is 54.1 Å². The smallest absolute Gasteiger partial charge is 0.273 e. The molecular weight excluding hydrogens is 328 g/mol. The first kappa shape index (κ1) is 16.3. The fourth-order valence-corrected chi connectivity index (χ4v) is 3.28. The maximum Gasteiger partial charge on any atom is 0.273 e. The zero-order chi connectivity index (χ0) is 17.9. The molecule has 3 aromatic rings. The Morgan fingerprint density at radius 2 is 1.77 bits per heavy atom. The molecule has 0 saturated carbocycles. The van der Waals surface area contributed by atoms with E-state index in [0.29, 0.717) is 18.8 Å². The molecule has 0 atom stereocenters. The highest BCUT2D eigenvalue weighted by Gasteiger charge is 2.24. The van der Waals surface area contributed by atoms with Crippen molar-refractivity contribution in [1.29, 1.82) is 0 Å². The van der Waals surface area contributed by atoms with E-state index in [1.807, 2.05) is 47.4 Å². The Labute approximate surface area is 152 Å². The summed E-state index contributed by atoms with van der Waals surface area (Å²) in [5, 5.41) is 1.93. The number of benzene rings is 1. The quantitative estimate of drug-likeness (QED) is 0.728. The Morgan fingerprint density at radius 3 is 2.58 bits per heavy atom. The van der Waals surface area contributed by atoms with Crippen LogP contribution in [0.5, 0.6) is 5.75 Å². The second kappa shape index (κ2) is 7.00. The molecule has 0 N–H and O–H groups in total. The van der Waals surface area contributed by atoms with Gasteiger partial charge in [0.1, 0.15) is 17.3 Å². The zero-order valence-electron chi connectivity index (χ0n) is 14.6. The van der Waals surface area contributed by atoms with Crippen molar-refractivity contribution >= 4 is 22.5 Å². The highest BCUT2D eigenvalue weighted by Crippen LogP contribution is 2.21. The Balaban J connectivity index is 1.50. The summed E-state index contributed by atoms with van der Waals surface area (Å²) < 4.78 is 5.26. The summed E-state index contributed by atoms with van der Waals surface area (Å²) in [4.78, 5) is 25.8. The molecule has 1 amide bonds. The van der Waals surface area contributed by atoms with Crippen LogP contribution < -0.4 is 9.64 Å². The maximum atomic E-state index is 13.0. The van der Waals surface area contributed by atoms with Crippen LogP contribution >= 0.6 is 0 Å². The average molecular weight is 348 g/mol. The number of carbonyl (C=O) groups excluding carboxylic acids is 1. The summed E-state index contributed by atoms with van der Waals surface area (Å²) in [6.07, 6.45) is 3.44. The normalized spacial score (nSPS) is 14.5. The Kier molecular flexibility index (Phi) is 4.39. The highest BCUT2D eigenvalue weighted by atomic mass is 16.5. The van der Waals surface area contributed by atoms with Crippen molar-refractivity contribution in [2.24, 2.45) is 0 Å². The van der Waals surface area contributed by atoms with E-state index >= 15 is 0 Å². The highest BCUT2D eigenvalue weighted by molar-refractivity contribution is 6.05. The third kappa shape index (κ3) is 3.06. The van der Waals surface area contributed by atoms with E-state index in [1.54, 1.807) is 19.5 Å². The van der Waals surface area contributed by atoms with Crippen molar-refractivity contribution in [2.75, 3.05) is 38.2 Å². The van der Waals surface area contributed by atoms with Crippen molar-refractivity contribution in [2.45, 2.75) is 0 Å². The summed E-state index contributed by atoms with van der Waals surface area (Å²) >= 11 is 0. The largest absolute Gasteiger partial charge is 0.497 e. The predicted octanol–water partition coefficient (Wildman–Crippen LogP) is 2.60. The number of hydrogen-bond acceptors (Lipinski definition) is 5. The summed E-state index contributed by atoms with van der Waals surface area (Å²) in [7, 11) is 1.65. The Bertz CT molecular complexity index is 931. The number of ether oxygens (including phenoxy) is 1. The predicted molar refractivity (Wildman–Crippen MR) is 101 cm³/mol. The lowest BCUT2D eigenvalue weighted by molar-refractivity contribution is 0.0743. The van der Waals surface area contributed by atoms with Gasteiger partial charge in [-0.1, -0.05) is 24.3 Å². The lowest BCUT2D eigenvalue weighted by atomic mass is 10.1. The number of rotatable bonds is 3. The molecule has 26 heavy (non-hydrogen) atoms. The van der Waals surface area contributed by atoms with Gasteiger partial charge >= 0.3 is 0 Å². The van der Waals surface area contributed by atoms with Crippen LogP contribution in [0.1, 0.15) is 10.5 Å². The van der Waals surface area contributed by atoms with E-state index in [-0.39, 0.29) is 5.91 Å². The van der Waals surface area contributed by atoms with Gasteiger partial charge in [-0.25, -0.2) is 4.98 Å². The van der Waals surface area contributed by atoms with Crippen LogP contribution in [0.3, 0.4) is 0 Å². The maximum absolute atomic E-state index is 13.0. The molecule has 0 bridgehead atoms. The van der Waals surface area contributed by atoms with Gasteiger partial charge in [-0.05, 0) is 17.5 Å². The first-order chi connectivity index (χ1) is 12.8. The van der Waals surface area contributed by atoms with Gasteiger partial charge in [-0.3, -0.25) is 9.78 Å². The van der Waals surface area contributed by atoms with Gasteiger partial charge in [0.15, 0.2) is 0 Å². The number of aromatic nitrogens is 2. The SMILES string of the molecule is COc1ccnc(N2CCN(C(=O)c3nccc4ccccc34)CC2)c1. The first-order valence-corrected chi connectivity index (χ1v) is 8.64. The molecule has 1 aliphatic heterocycles. The molecule has 2 aromatic heterocycles. The van der Waals surface area contributed by atoms with Crippen molar-refractivity contribution in [3.63, 3.8) is 0 Å². The van der Waals surface area contributed by atoms with Crippen LogP contribution in [0.2, 0.25) is 0 Å². The standard InChI is InChI=1S/C20H20N4O2/c1-26-16-7-9-21-18(14-16)23-10-12-24(13-11-23)20(25)19-17-5-3-2-4-15(17)6-8-22-19/h2-9,14H,10-13H2,1H3. The molecular formula is C20H20N4O2. The first-order valence-electron chi connectivity index (χ1n) is 8.64. The van der Waals surface area contributed by atoms with Crippen molar-refractivity contribution in [1.82, 2.24) is 14.9 Å². The molecule has 6 heteroatoms. The minimum Gasteiger partial charge on any atom is -0.497 e. The fraction of sp³-hybridized carbons (Fsp3) is 0.250. The van der Waals surface area contributed by atoms with Gasteiger partial charge in [0.25, 0.3) is 5.91 Å². The molecule has 132 valence electrons. The van der Waals surface area contributed by atoms with Crippen LogP contribution in [-0.2, 0) is 0 Å². The Hall–Kier alpha value is -3.15. The monoisotopic (exact) mass is 348 g/mol. The molecule has 4 rings (SSSR count).